The highest BCUT2D eigenvalue weighted by Gasteiger charge is 2.42. The van der Waals surface area contributed by atoms with Crippen LogP contribution in [0, 0.1) is 5.92 Å². The topological polar surface area (TPSA) is 101 Å². The van der Waals surface area contributed by atoms with Gasteiger partial charge in [0.15, 0.2) is 0 Å². The normalized spacial score (nSPS) is 17.6. The predicted molar refractivity (Wildman–Crippen MR) is 111 cm³/mol. The Morgan fingerprint density at radius 2 is 1.89 bits per heavy atom. The van der Waals surface area contributed by atoms with Gasteiger partial charge in [-0.3, -0.25) is 14.3 Å². The van der Waals surface area contributed by atoms with Crippen molar-refractivity contribution in [2.45, 2.75) is 31.2 Å². The van der Waals surface area contributed by atoms with E-state index >= 15 is 0 Å². The summed E-state index contributed by atoms with van der Waals surface area (Å²) in [5.74, 6) is 0.550. The zero-order valence-electron chi connectivity index (χ0n) is 15.3. The highest BCUT2D eigenvalue weighted by molar-refractivity contribution is 5.97. The van der Waals surface area contributed by atoms with Crippen LogP contribution in [0.25, 0.3) is 0 Å². The summed E-state index contributed by atoms with van der Waals surface area (Å²) in [4.78, 5) is 29.1. The van der Waals surface area contributed by atoms with Crippen molar-refractivity contribution >= 4 is 48.1 Å². The zero-order chi connectivity index (χ0) is 18.0. The van der Waals surface area contributed by atoms with Crippen molar-refractivity contribution in [2.24, 2.45) is 5.92 Å². The standard InChI is InChI=1S/C18H22N6O2.2ClH/c25-16(13-2-3-13)23-15-5-4-14(12-20-15)22-17(26)18(6-9-19-10-7-18)24-11-1-8-21-24;;/h1,4-5,8,11-13,19H,2-3,6-7,9-10H2,(H,22,26)(H,20,23,25);2*1H. The molecule has 2 aromatic heterocycles. The minimum Gasteiger partial charge on any atom is -0.323 e. The van der Waals surface area contributed by atoms with Crippen LogP contribution in [0.3, 0.4) is 0 Å². The van der Waals surface area contributed by atoms with Crippen molar-refractivity contribution in [3.63, 3.8) is 0 Å². The minimum atomic E-state index is -0.701. The molecule has 2 aliphatic rings. The van der Waals surface area contributed by atoms with Gasteiger partial charge in [-0.25, -0.2) is 4.98 Å². The van der Waals surface area contributed by atoms with E-state index < -0.39 is 5.54 Å². The summed E-state index contributed by atoms with van der Waals surface area (Å²) in [5.41, 5.74) is -0.0994. The smallest absolute Gasteiger partial charge is 0.252 e. The first-order valence-electron chi connectivity index (χ1n) is 8.97. The Morgan fingerprint density at radius 3 is 2.46 bits per heavy atom. The molecule has 0 atom stereocenters. The summed E-state index contributed by atoms with van der Waals surface area (Å²) < 4.78 is 1.75. The third-order valence-electron chi connectivity index (χ3n) is 5.02. The SMILES string of the molecule is Cl.Cl.O=C(Nc1ccc(NC(=O)C2(n3cccn3)CCNCC2)cn1)C1CC1. The number of nitrogens with one attached hydrogen (secondary N) is 3. The Bertz CT molecular complexity index is 787. The molecule has 2 amide bonds. The molecule has 3 N–H and O–H groups in total. The van der Waals surface area contributed by atoms with Crippen LogP contribution in [0.2, 0.25) is 0 Å². The van der Waals surface area contributed by atoms with Gasteiger partial charge < -0.3 is 16.0 Å². The van der Waals surface area contributed by atoms with E-state index in [1.807, 2.05) is 12.3 Å². The Kier molecular flexibility index (Phi) is 7.40. The van der Waals surface area contributed by atoms with Gasteiger partial charge in [-0.2, -0.15) is 5.10 Å². The van der Waals surface area contributed by atoms with Gasteiger partial charge in [0.2, 0.25) is 5.91 Å². The Hall–Kier alpha value is -2.16. The molecule has 0 unspecified atom stereocenters. The quantitative estimate of drug-likeness (QED) is 0.679. The fourth-order valence-corrected chi connectivity index (χ4v) is 3.29. The lowest BCUT2D eigenvalue weighted by Crippen LogP contribution is -2.52. The van der Waals surface area contributed by atoms with E-state index in [0.29, 0.717) is 24.3 Å². The van der Waals surface area contributed by atoms with Crippen LogP contribution in [0.4, 0.5) is 11.5 Å². The summed E-state index contributed by atoms with van der Waals surface area (Å²) in [6, 6.07) is 5.29. The van der Waals surface area contributed by atoms with E-state index in [1.165, 1.54) is 0 Å². The number of pyridine rings is 1. The second kappa shape index (κ2) is 9.36. The van der Waals surface area contributed by atoms with Crippen molar-refractivity contribution in [2.75, 3.05) is 23.7 Å². The second-order valence-electron chi connectivity index (χ2n) is 6.88. The number of carbonyl (C=O) groups excluding carboxylic acids is 2. The maximum atomic E-state index is 13.1. The predicted octanol–water partition coefficient (Wildman–Crippen LogP) is 2.19. The summed E-state index contributed by atoms with van der Waals surface area (Å²) in [5, 5.41) is 13.3. The molecule has 1 aliphatic heterocycles. The van der Waals surface area contributed by atoms with Crippen molar-refractivity contribution in [1.29, 1.82) is 0 Å². The van der Waals surface area contributed by atoms with Crippen molar-refractivity contribution in [3.8, 4) is 0 Å². The van der Waals surface area contributed by atoms with E-state index in [1.54, 1.807) is 29.2 Å². The van der Waals surface area contributed by atoms with Crippen LogP contribution in [-0.4, -0.2) is 39.7 Å². The van der Waals surface area contributed by atoms with Gasteiger partial charge in [-0.1, -0.05) is 0 Å². The first-order chi connectivity index (χ1) is 12.7. The Balaban J connectivity index is 0.00000140. The maximum Gasteiger partial charge on any atom is 0.252 e. The Labute approximate surface area is 175 Å². The molecule has 1 saturated heterocycles. The summed E-state index contributed by atoms with van der Waals surface area (Å²) in [6.07, 6.45) is 8.33. The van der Waals surface area contributed by atoms with Crippen LogP contribution >= 0.6 is 24.8 Å². The van der Waals surface area contributed by atoms with E-state index in [4.69, 9.17) is 0 Å². The number of anilines is 2. The first-order valence-corrected chi connectivity index (χ1v) is 8.97. The largest absolute Gasteiger partial charge is 0.323 e. The number of amides is 2. The summed E-state index contributed by atoms with van der Waals surface area (Å²) >= 11 is 0. The number of hydrogen-bond donors (Lipinski definition) is 3. The molecule has 0 aromatic carbocycles. The van der Waals surface area contributed by atoms with E-state index in [0.717, 1.165) is 25.9 Å². The number of aromatic nitrogens is 3. The number of piperidine rings is 1. The van der Waals surface area contributed by atoms with Gasteiger partial charge in [-0.05, 0) is 57.0 Å². The lowest BCUT2D eigenvalue weighted by Gasteiger charge is -2.36. The average molecular weight is 427 g/mol. The molecule has 2 aromatic rings. The van der Waals surface area contributed by atoms with Crippen LogP contribution in [0.5, 0.6) is 0 Å². The van der Waals surface area contributed by atoms with Gasteiger partial charge in [0.05, 0.1) is 11.9 Å². The average Bonchev–Trinajstić information content (AvgIpc) is 3.38. The molecule has 1 aliphatic carbocycles. The molecular formula is C18H24Cl2N6O2. The lowest BCUT2D eigenvalue weighted by molar-refractivity contribution is -0.126. The molecular weight excluding hydrogens is 403 g/mol. The summed E-state index contributed by atoms with van der Waals surface area (Å²) in [7, 11) is 0. The van der Waals surface area contributed by atoms with E-state index in [9.17, 15) is 9.59 Å². The molecule has 10 heteroatoms. The van der Waals surface area contributed by atoms with Crippen LogP contribution < -0.4 is 16.0 Å². The van der Waals surface area contributed by atoms with E-state index in [2.05, 4.69) is 26.0 Å². The first kappa shape index (κ1) is 22.1. The van der Waals surface area contributed by atoms with Crippen LogP contribution in [-0.2, 0) is 15.1 Å². The number of nitrogens with zero attached hydrogens (tertiary/aromatic N) is 3. The molecule has 3 heterocycles. The van der Waals surface area contributed by atoms with Crippen molar-refractivity contribution < 1.29 is 9.59 Å². The highest BCUT2D eigenvalue weighted by Crippen LogP contribution is 2.30. The third-order valence-corrected chi connectivity index (χ3v) is 5.02. The van der Waals surface area contributed by atoms with Crippen molar-refractivity contribution in [3.05, 3.63) is 36.8 Å². The third kappa shape index (κ3) is 4.63. The van der Waals surface area contributed by atoms with Gasteiger partial charge >= 0.3 is 0 Å². The fraction of sp³-hybridized carbons (Fsp3) is 0.444. The van der Waals surface area contributed by atoms with Crippen LogP contribution in [0.1, 0.15) is 25.7 Å². The number of rotatable bonds is 5. The van der Waals surface area contributed by atoms with Gasteiger partial charge in [0, 0.05) is 18.3 Å². The Morgan fingerprint density at radius 1 is 1.14 bits per heavy atom. The van der Waals surface area contributed by atoms with Gasteiger partial charge in [-0.15, -0.1) is 24.8 Å². The van der Waals surface area contributed by atoms with Crippen molar-refractivity contribution in [1.82, 2.24) is 20.1 Å². The molecule has 28 heavy (non-hydrogen) atoms. The zero-order valence-corrected chi connectivity index (χ0v) is 16.9. The molecule has 4 rings (SSSR count). The van der Waals surface area contributed by atoms with Crippen LogP contribution in [0.15, 0.2) is 36.8 Å². The molecule has 8 nitrogen and oxygen atoms in total. The molecule has 152 valence electrons. The number of hydrogen-bond acceptors (Lipinski definition) is 5. The van der Waals surface area contributed by atoms with Gasteiger partial charge in [0.1, 0.15) is 11.4 Å². The number of carbonyl (C=O) groups is 2. The highest BCUT2D eigenvalue weighted by atomic mass is 35.5. The molecule has 0 radical (unpaired) electrons. The lowest BCUT2D eigenvalue weighted by atomic mass is 9.87. The van der Waals surface area contributed by atoms with E-state index in [-0.39, 0.29) is 42.5 Å². The molecule has 0 spiro atoms. The monoisotopic (exact) mass is 426 g/mol. The minimum absolute atomic E-state index is 0. The maximum absolute atomic E-state index is 13.1. The fourth-order valence-electron chi connectivity index (χ4n) is 3.29. The number of halogens is 2. The molecule has 2 fully saturated rings. The second-order valence-corrected chi connectivity index (χ2v) is 6.88. The van der Waals surface area contributed by atoms with Gasteiger partial charge in [0.25, 0.3) is 5.91 Å². The molecule has 0 bridgehead atoms. The molecule has 1 saturated carbocycles. The summed E-state index contributed by atoms with van der Waals surface area (Å²) in [6.45, 7) is 1.52.